The summed E-state index contributed by atoms with van der Waals surface area (Å²) in [5.41, 5.74) is -0.725. The topological polar surface area (TPSA) is 159 Å². The molecule has 1 fully saturated rings. The van der Waals surface area contributed by atoms with Crippen LogP contribution >= 0.6 is 0 Å². The zero-order valence-corrected chi connectivity index (χ0v) is 14.0. The Kier molecular flexibility index (Phi) is 5.18. The molecule has 0 radical (unpaired) electrons. The maximum atomic E-state index is 11.3. The number of aliphatic hydroxyl groups is 3. The predicted molar refractivity (Wildman–Crippen MR) is 86.3 cm³/mol. The van der Waals surface area contributed by atoms with Crippen molar-refractivity contribution in [1.82, 2.24) is 9.97 Å². The van der Waals surface area contributed by atoms with Gasteiger partial charge in [0.1, 0.15) is 24.1 Å². The molecule has 3 rings (SSSR count). The van der Waals surface area contributed by atoms with E-state index in [1.165, 1.54) is 12.3 Å². The number of aromatic nitrogens is 2. The molecule has 3 heterocycles. The Morgan fingerprint density at radius 2 is 1.69 bits per heavy atom. The van der Waals surface area contributed by atoms with Crippen LogP contribution in [-0.4, -0.2) is 68.3 Å². The Bertz CT molecular complexity index is 846. The minimum atomic E-state index is -4.84. The van der Waals surface area contributed by atoms with Gasteiger partial charge in [0.25, 0.3) is 10.1 Å². The molecule has 5 atom stereocenters. The van der Waals surface area contributed by atoms with Gasteiger partial charge in [-0.15, -0.1) is 0 Å². The number of pyridine rings is 2. The number of ether oxygens (including phenoxy) is 2. The zero-order valence-electron chi connectivity index (χ0n) is 13.2. The first-order valence-corrected chi connectivity index (χ1v) is 8.97. The maximum Gasteiger partial charge on any atom is 0.295 e. The summed E-state index contributed by atoms with van der Waals surface area (Å²) in [6, 6.07) is 6.63. The van der Waals surface area contributed by atoms with E-state index in [2.05, 4.69) is 9.97 Å². The number of hydrogen-bond donors (Lipinski definition) is 4. The van der Waals surface area contributed by atoms with Crippen LogP contribution in [0.15, 0.2) is 42.9 Å². The maximum absolute atomic E-state index is 11.3. The van der Waals surface area contributed by atoms with Gasteiger partial charge in [0.05, 0.1) is 11.9 Å². The van der Waals surface area contributed by atoms with Gasteiger partial charge in [0, 0.05) is 18.0 Å². The highest BCUT2D eigenvalue weighted by Crippen LogP contribution is 2.27. The van der Waals surface area contributed by atoms with Crippen molar-refractivity contribution in [1.29, 1.82) is 0 Å². The van der Waals surface area contributed by atoms with E-state index in [0.717, 1.165) is 5.56 Å². The van der Waals surface area contributed by atoms with E-state index in [-0.39, 0.29) is 5.75 Å². The second-order valence-electron chi connectivity index (χ2n) is 5.59. The lowest BCUT2D eigenvalue weighted by Gasteiger charge is -2.38. The van der Waals surface area contributed by atoms with Crippen molar-refractivity contribution < 1.29 is 37.8 Å². The Balaban J connectivity index is 1.77. The summed E-state index contributed by atoms with van der Waals surface area (Å²) in [7, 11) is -4.84. The molecule has 26 heavy (non-hydrogen) atoms. The highest BCUT2D eigenvalue weighted by molar-refractivity contribution is 7.86. The number of rotatable bonds is 4. The first kappa shape index (κ1) is 18.6. The largest absolute Gasteiger partial charge is 0.460 e. The van der Waals surface area contributed by atoms with Gasteiger partial charge in [-0.05, 0) is 24.3 Å². The summed E-state index contributed by atoms with van der Waals surface area (Å²) in [4.78, 5) is 8.08. The Morgan fingerprint density at radius 3 is 2.27 bits per heavy atom. The van der Waals surface area contributed by atoms with Crippen LogP contribution in [0.1, 0.15) is 0 Å². The van der Waals surface area contributed by atoms with Gasteiger partial charge in [0.2, 0.25) is 11.7 Å². The van der Waals surface area contributed by atoms with Gasteiger partial charge in [-0.1, -0.05) is 0 Å². The van der Waals surface area contributed by atoms with Crippen LogP contribution in [-0.2, 0) is 14.9 Å². The first-order chi connectivity index (χ1) is 12.3. The third kappa shape index (κ3) is 3.82. The van der Waals surface area contributed by atoms with Crippen molar-refractivity contribution >= 4 is 10.1 Å². The number of aliphatic hydroxyl groups excluding tert-OH is 3. The van der Waals surface area contributed by atoms with Crippen molar-refractivity contribution in [2.45, 2.75) is 30.0 Å². The lowest BCUT2D eigenvalue weighted by Crippen LogP contribution is -2.61. The van der Waals surface area contributed by atoms with Crippen LogP contribution in [0.2, 0.25) is 0 Å². The molecule has 2 aromatic heterocycles. The van der Waals surface area contributed by atoms with Crippen LogP contribution in [0.25, 0.3) is 11.3 Å². The number of nitrogens with zero attached hydrogens (tertiary/aromatic N) is 2. The monoisotopic (exact) mass is 384 g/mol. The molecule has 10 nitrogen and oxygen atoms in total. The van der Waals surface area contributed by atoms with Gasteiger partial charge in [-0.3, -0.25) is 14.5 Å². The quantitative estimate of drug-likeness (QED) is 0.490. The molecule has 0 amide bonds. The molecular weight excluding hydrogens is 368 g/mol. The van der Waals surface area contributed by atoms with Crippen LogP contribution in [0.4, 0.5) is 0 Å². The Morgan fingerprint density at radius 1 is 1.00 bits per heavy atom. The molecule has 1 aliphatic rings. The van der Waals surface area contributed by atoms with E-state index in [4.69, 9.17) is 14.0 Å². The third-order valence-electron chi connectivity index (χ3n) is 3.78. The molecule has 0 aromatic carbocycles. The fourth-order valence-electron chi connectivity index (χ4n) is 2.44. The minimum Gasteiger partial charge on any atom is -0.460 e. The van der Waals surface area contributed by atoms with Crippen LogP contribution in [0.5, 0.6) is 5.75 Å². The summed E-state index contributed by atoms with van der Waals surface area (Å²) in [6.07, 6.45) is -2.80. The molecular formula is C15H16N2O8S. The summed E-state index contributed by atoms with van der Waals surface area (Å²) in [5.74, 6) is 0.115. The molecule has 0 spiro atoms. The molecule has 1 unspecified atom stereocenters. The first-order valence-electron chi connectivity index (χ1n) is 7.46. The van der Waals surface area contributed by atoms with E-state index in [9.17, 15) is 23.7 Å². The van der Waals surface area contributed by atoms with Gasteiger partial charge in [0.15, 0.2) is 0 Å². The van der Waals surface area contributed by atoms with E-state index in [1.54, 1.807) is 30.6 Å². The zero-order chi connectivity index (χ0) is 18.9. The van der Waals surface area contributed by atoms with Gasteiger partial charge in [-0.25, -0.2) is 0 Å². The average molecular weight is 384 g/mol. The lowest BCUT2D eigenvalue weighted by atomic mass is 10.1. The predicted octanol–water partition coefficient (Wildman–Crippen LogP) is -0.825. The highest BCUT2D eigenvalue weighted by atomic mass is 32.2. The second-order valence-corrected chi connectivity index (χ2v) is 7.09. The summed E-state index contributed by atoms with van der Waals surface area (Å²) in [5, 5.41) is 29.3. The molecule has 11 heteroatoms. The molecule has 1 saturated heterocycles. The minimum absolute atomic E-state index is 0.115. The Labute approximate surface area is 148 Å². The van der Waals surface area contributed by atoms with Crippen molar-refractivity contribution in [3.8, 4) is 17.0 Å². The lowest BCUT2D eigenvalue weighted by molar-refractivity contribution is -0.254. The summed E-state index contributed by atoms with van der Waals surface area (Å²) in [6.45, 7) is 0. The third-order valence-corrected chi connectivity index (χ3v) is 4.76. The fraction of sp³-hybridized carbons (Fsp3) is 0.333. The van der Waals surface area contributed by atoms with Gasteiger partial charge >= 0.3 is 0 Å². The van der Waals surface area contributed by atoms with Crippen LogP contribution in [0, 0.1) is 0 Å². The van der Waals surface area contributed by atoms with E-state index < -0.39 is 40.2 Å². The van der Waals surface area contributed by atoms with Crippen LogP contribution in [0.3, 0.4) is 0 Å². The number of hydrogen-bond acceptors (Lipinski definition) is 9. The molecule has 0 aliphatic carbocycles. The smallest absolute Gasteiger partial charge is 0.295 e. The van der Waals surface area contributed by atoms with Gasteiger partial charge < -0.3 is 24.8 Å². The Hall–Kier alpha value is -2.15. The SMILES string of the molecule is O=S(=O)(O)C1O[C@@H](Oc2ccc(-c3ccncc3)nc2)[C@H](O)[C@@H](O)[C@@H]1O. The molecule has 1 aliphatic heterocycles. The van der Waals surface area contributed by atoms with E-state index in [0.29, 0.717) is 5.69 Å². The fourth-order valence-corrected chi connectivity index (χ4v) is 3.20. The molecule has 0 saturated carbocycles. The normalized spacial score (nSPS) is 29.3. The average Bonchev–Trinajstić information content (AvgIpc) is 2.62. The van der Waals surface area contributed by atoms with Gasteiger partial charge in [-0.2, -0.15) is 8.42 Å². The van der Waals surface area contributed by atoms with Crippen LogP contribution < -0.4 is 4.74 Å². The van der Waals surface area contributed by atoms with E-state index >= 15 is 0 Å². The van der Waals surface area contributed by atoms with Crippen molar-refractivity contribution in [2.24, 2.45) is 0 Å². The van der Waals surface area contributed by atoms with E-state index in [1.807, 2.05) is 0 Å². The molecule has 2 aromatic rings. The molecule has 140 valence electrons. The molecule has 0 bridgehead atoms. The summed E-state index contributed by atoms with van der Waals surface area (Å²) >= 11 is 0. The highest BCUT2D eigenvalue weighted by Gasteiger charge is 2.50. The standard InChI is InChI=1S/C15H16N2O8S/c18-11-12(19)14(25-15(13(11)20)26(21,22)23)24-9-1-2-10(17-7-9)8-3-5-16-6-4-8/h1-7,11-15,18-20H,(H,21,22,23)/t11-,12-,13+,14-,15?/m1/s1. The second kappa shape index (κ2) is 7.23. The van der Waals surface area contributed by atoms with Crippen molar-refractivity contribution in [3.63, 3.8) is 0 Å². The van der Waals surface area contributed by atoms with Crippen molar-refractivity contribution in [3.05, 3.63) is 42.9 Å². The molecule has 4 N–H and O–H groups in total. The summed E-state index contributed by atoms with van der Waals surface area (Å²) < 4.78 is 41.8. The van der Waals surface area contributed by atoms with Crippen molar-refractivity contribution in [2.75, 3.05) is 0 Å².